The number of halogens is 4. The number of nitrogens with zero attached hydrogens (tertiary/aromatic N) is 5. The summed E-state index contributed by atoms with van der Waals surface area (Å²) < 4.78 is 56.9. The van der Waals surface area contributed by atoms with Crippen molar-refractivity contribution in [1.82, 2.24) is 19.9 Å². The van der Waals surface area contributed by atoms with Gasteiger partial charge in [0.1, 0.15) is 5.60 Å². The molecular weight excluding hydrogens is 450 g/mol. The van der Waals surface area contributed by atoms with Crippen LogP contribution in [0.25, 0.3) is 0 Å². The van der Waals surface area contributed by atoms with Crippen LogP contribution in [-0.2, 0) is 20.8 Å². The molecule has 33 heavy (non-hydrogen) atoms. The van der Waals surface area contributed by atoms with Crippen molar-refractivity contribution in [1.29, 1.82) is 0 Å². The van der Waals surface area contributed by atoms with E-state index in [1.807, 2.05) is 17.2 Å². The zero-order valence-electron chi connectivity index (χ0n) is 17.5. The van der Waals surface area contributed by atoms with Crippen LogP contribution in [0.3, 0.4) is 0 Å². The fourth-order valence-electron chi connectivity index (χ4n) is 3.54. The molecule has 2 aliphatic rings. The zero-order chi connectivity index (χ0) is 23.9. The Balaban J connectivity index is 0.000000383. The summed E-state index contributed by atoms with van der Waals surface area (Å²) in [7, 11) is 0. The molecule has 0 amide bonds. The summed E-state index contributed by atoms with van der Waals surface area (Å²) in [6.07, 6.45) is 0.978. The number of hydrogen-bond acceptors (Lipinski definition) is 8. The lowest BCUT2D eigenvalue weighted by Crippen LogP contribution is -2.59. The quantitative estimate of drug-likeness (QED) is 0.669. The summed E-state index contributed by atoms with van der Waals surface area (Å²) in [5.74, 6) is -2.67. The monoisotopic (exact) mass is 473 g/mol. The molecule has 0 aromatic carbocycles. The average molecular weight is 473 g/mol. The second kappa shape index (κ2) is 10.8. The molecular formula is C20H23F4N5O4. The highest BCUT2D eigenvalue weighted by molar-refractivity contribution is 5.73. The summed E-state index contributed by atoms with van der Waals surface area (Å²) in [4.78, 5) is 25.7. The molecule has 9 nitrogen and oxygen atoms in total. The molecule has 1 unspecified atom stereocenters. The number of rotatable bonds is 3. The molecule has 1 spiro atoms. The maximum absolute atomic E-state index is 13.1. The maximum atomic E-state index is 13.1. The lowest BCUT2D eigenvalue weighted by atomic mass is 10.0. The van der Waals surface area contributed by atoms with Crippen molar-refractivity contribution in [3.8, 4) is 0 Å². The molecule has 0 aliphatic carbocycles. The molecule has 2 fully saturated rings. The average Bonchev–Trinajstić information content (AvgIpc) is 2.96. The number of carboxylic acids is 1. The SMILES string of the molecule is Fc1cnc(N2CCOC3(COCCN(Cc4cccnc4)C3)C2)nc1.O=C(O)C(F)(F)F. The van der Waals surface area contributed by atoms with Crippen LogP contribution in [0.5, 0.6) is 0 Å². The number of carboxylic acid groups (broad SMARTS) is 1. The predicted molar refractivity (Wildman–Crippen MR) is 107 cm³/mol. The van der Waals surface area contributed by atoms with Gasteiger partial charge in [-0.25, -0.2) is 19.2 Å². The van der Waals surface area contributed by atoms with E-state index in [9.17, 15) is 17.6 Å². The Morgan fingerprint density at radius 3 is 2.52 bits per heavy atom. The molecule has 2 aromatic heterocycles. The number of morpholine rings is 1. The normalized spacial score (nSPS) is 21.8. The van der Waals surface area contributed by atoms with Gasteiger partial charge in [-0.2, -0.15) is 13.2 Å². The largest absolute Gasteiger partial charge is 0.490 e. The highest BCUT2D eigenvalue weighted by atomic mass is 19.4. The summed E-state index contributed by atoms with van der Waals surface area (Å²) in [6.45, 7) is 5.43. The Kier molecular flexibility index (Phi) is 8.10. The summed E-state index contributed by atoms with van der Waals surface area (Å²) in [5.41, 5.74) is 0.716. The number of anilines is 1. The van der Waals surface area contributed by atoms with Gasteiger partial charge in [0, 0.05) is 38.6 Å². The van der Waals surface area contributed by atoms with E-state index in [0.717, 1.165) is 19.6 Å². The van der Waals surface area contributed by atoms with Crippen LogP contribution >= 0.6 is 0 Å². The third-order valence-electron chi connectivity index (χ3n) is 4.94. The maximum Gasteiger partial charge on any atom is 0.490 e. The first-order valence-electron chi connectivity index (χ1n) is 10.0. The van der Waals surface area contributed by atoms with Gasteiger partial charge >= 0.3 is 12.1 Å². The molecule has 1 N–H and O–H groups in total. The van der Waals surface area contributed by atoms with Gasteiger partial charge in [0.05, 0.1) is 38.8 Å². The number of carbonyl (C=O) groups is 1. The topological polar surface area (TPSA) is 101 Å². The van der Waals surface area contributed by atoms with Gasteiger partial charge < -0.3 is 19.5 Å². The van der Waals surface area contributed by atoms with Crippen LogP contribution in [0, 0.1) is 5.82 Å². The van der Waals surface area contributed by atoms with E-state index in [1.165, 1.54) is 18.0 Å². The Morgan fingerprint density at radius 2 is 1.88 bits per heavy atom. The minimum Gasteiger partial charge on any atom is -0.475 e. The fraction of sp³-hybridized carbons (Fsp3) is 0.500. The van der Waals surface area contributed by atoms with Crippen molar-refractivity contribution in [3.05, 3.63) is 48.3 Å². The van der Waals surface area contributed by atoms with Crippen LogP contribution in [-0.4, -0.2) is 88.7 Å². The Hall–Kier alpha value is -2.90. The predicted octanol–water partition coefficient (Wildman–Crippen LogP) is 1.75. The third kappa shape index (κ3) is 7.30. The van der Waals surface area contributed by atoms with Gasteiger partial charge in [0.15, 0.2) is 5.82 Å². The Morgan fingerprint density at radius 1 is 1.15 bits per heavy atom. The third-order valence-corrected chi connectivity index (χ3v) is 4.94. The van der Waals surface area contributed by atoms with Gasteiger partial charge in [-0.15, -0.1) is 0 Å². The van der Waals surface area contributed by atoms with Gasteiger partial charge in [-0.3, -0.25) is 9.88 Å². The molecule has 1 atom stereocenters. The zero-order valence-corrected chi connectivity index (χ0v) is 17.5. The van der Waals surface area contributed by atoms with E-state index in [2.05, 4.69) is 25.9 Å². The van der Waals surface area contributed by atoms with Gasteiger partial charge in [0.25, 0.3) is 0 Å². The highest BCUT2D eigenvalue weighted by Gasteiger charge is 2.41. The number of aromatic nitrogens is 3. The molecule has 180 valence electrons. The van der Waals surface area contributed by atoms with Crippen molar-refractivity contribution >= 4 is 11.9 Å². The molecule has 0 radical (unpaired) electrons. The molecule has 2 aliphatic heterocycles. The smallest absolute Gasteiger partial charge is 0.475 e. The van der Waals surface area contributed by atoms with Gasteiger partial charge in [-0.05, 0) is 11.6 Å². The molecule has 4 rings (SSSR count). The molecule has 0 bridgehead atoms. The Labute approximate surface area is 187 Å². The number of aliphatic carboxylic acids is 1. The summed E-state index contributed by atoms with van der Waals surface area (Å²) in [5, 5.41) is 7.12. The first-order chi connectivity index (χ1) is 15.7. The van der Waals surface area contributed by atoms with Crippen LogP contribution in [0.1, 0.15) is 5.56 Å². The second-order valence-electron chi connectivity index (χ2n) is 7.58. The van der Waals surface area contributed by atoms with Crippen LogP contribution in [0.2, 0.25) is 0 Å². The molecule has 0 saturated carbocycles. The van der Waals surface area contributed by atoms with E-state index < -0.39 is 23.6 Å². The van der Waals surface area contributed by atoms with Crippen LogP contribution < -0.4 is 4.90 Å². The van der Waals surface area contributed by atoms with Crippen molar-refractivity contribution in [2.24, 2.45) is 0 Å². The van der Waals surface area contributed by atoms with E-state index in [-0.39, 0.29) is 0 Å². The highest BCUT2D eigenvalue weighted by Crippen LogP contribution is 2.25. The van der Waals surface area contributed by atoms with Crippen LogP contribution in [0.4, 0.5) is 23.5 Å². The fourth-order valence-corrected chi connectivity index (χ4v) is 3.54. The number of pyridine rings is 1. The van der Waals surface area contributed by atoms with Crippen molar-refractivity contribution in [3.63, 3.8) is 0 Å². The minimum atomic E-state index is -5.08. The van der Waals surface area contributed by atoms with Gasteiger partial charge in [-0.1, -0.05) is 6.07 Å². The molecule has 4 heterocycles. The molecule has 2 aromatic rings. The van der Waals surface area contributed by atoms with Crippen molar-refractivity contribution < 1.29 is 36.9 Å². The van der Waals surface area contributed by atoms with E-state index >= 15 is 0 Å². The van der Waals surface area contributed by atoms with E-state index in [4.69, 9.17) is 19.4 Å². The van der Waals surface area contributed by atoms with Crippen LogP contribution in [0.15, 0.2) is 36.9 Å². The first-order valence-corrected chi connectivity index (χ1v) is 10.0. The molecule has 13 heteroatoms. The molecule has 2 saturated heterocycles. The first kappa shape index (κ1) is 24.7. The van der Waals surface area contributed by atoms with Crippen molar-refractivity contribution in [2.75, 3.05) is 50.9 Å². The standard InChI is InChI=1S/C18H22FN5O2.C2HF3O2/c19-16-9-21-17(22-10-16)24-5-7-26-18(13-24)12-23(4-6-25-14-18)11-15-2-1-3-20-8-15;3-2(4,5)1(6)7/h1-3,8-10H,4-7,11-14H2;(H,6,7). The number of ether oxygens (including phenoxy) is 2. The number of alkyl halides is 3. The minimum absolute atomic E-state index is 0.433. The van der Waals surface area contributed by atoms with Crippen molar-refractivity contribution in [2.45, 2.75) is 18.3 Å². The second-order valence-corrected chi connectivity index (χ2v) is 7.58. The number of hydrogen-bond donors (Lipinski definition) is 1. The van der Waals surface area contributed by atoms with E-state index in [0.29, 0.717) is 38.9 Å². The Bertz CT molecular complexity index is 904. The lowest BCUT2D eigenvalue weighted by Gasteiger charge is -2.43. The summed E-state index contributed by atoms with van der Waals surface area (Å²) >= 11 is 0. The lowest BCUT2D eigenvalue weighted by molar-refractivity contribution is -0.192. The summed E-state index contributed by atoms with van der Waals surface area (Å²) in [6, 6.07) is 4.02. The van der Waals surface area contributed by atoms with Gasteiger partial charge in [0.2, 0.25) is 5.95 Å². The van der Waals surface area contributed by atoms with E-state index in [1.54, 1.807) is 6.20 Å².